The van der Waals surface area contributed by atoms with E-state index in [2.05, 4.69) is 5.32 Å². The Bertz CT molecular complexity index is 981. The first-order valence-electron chi connectivity index (χ1n) is 9.44. The van der Waals surface area contributed by atoms with Gasteiger partial charge in [-0.15, -0.1) is 0 Å². The van der Waals surface area contributed by atoms with E-state index in [4.69, 9.17) is 25.8 Å². The zero-order chi connectivity index (χ0) is 21.6. The Kier molecular flexibility index (Phi) is 7.28. The number of amides is 1. The van der Waals surface area contributed by atoms with Crippen LogP contribution in [0.2, 0.25) is 5.02 Å². The lowest BCUT2D eigenvalue weighted by molar-refractivity contribution is -0.119. The molecule has 1 amide bonds. The fourth-order valence-corrected chi connectivity index (χ4v) is 3.96. The van der Waals surface area contributed by atoms with Crippen LogP contribution < -0.4 is 23.8 Å². The standard InChI is InChI=1S/C20H23ClN2O6S/c1-2-30(25,26)23(16-5-8-18-19(13-16)29-12-11-28-18)14-20(24)22-9-10-27-17-6-3-15(21)4-7-17/h3-8,13H,2,9-12,14H2,1H3,(H,22,24). The topological polar surface area (TPSA) is 94.2 Å². The number of benzene rings is 2. The molecule has 8 nitrogen and oxygen atoms in total. The van der Waals surface area contributed by atoms with Crippen molar-refractivity contribution >= 4 is 33.2 Å². The zero-order valence-electron chi connectivity index (χ0n) is 16.5. The van der Waals surface area contributed by atoms with Gasteiger partial charge < -0.3 is 19.5 Å². The summed E-state index contributed by atoms with van der Waals surface area (Å²) in [5.41, 5.74) is 0.341. The molecule has 10 heteroatoms. The van der Waals surface area contributed by atoms with Gasteiger partial charge in [-0.05, 0) is 43.3 Å². The Morgan fingerprint density at radius 2 is 1.83 bits per heavy atom. The number of anilines is 1. The Morgan fingerprint density at radius 1 is 1.13 bits per heavy atom. The lowest BCUT2D eigenvalue weighted by Gasteiger charge is -2.25. The van der Waals surface area contributed by atoms with Crippen molar-refractivity contribution in [2.45, 2.75) is 6.92 Å². The van der Waals surface area contributed by atoms with E-state index in [1.807, 2.05) is 0 Å². The highest BCUT2D eigenvalue weighted by Crippen LogP contribution is 2.34. The minimum atomic E-state index is -3.68. The molecule has 0 atom stereocenters. The Labute approximate surface area is 180 Å². The summed E-state index contributed by atoms with van der Waals surface area (Å²) in [4.78, 5) is 12.4. The summed E-state index contributed by atoms with van der Waals surface area (Å²) in [6, 6.07) is 11.7. The molecule has 0 aliphatic carbocycles. The van der Waals surface area contributed by atoms with Crippen LogP contribution in [0.1, 0.15) is 6.92 Å². The third-order valence-corrected chi connectivity index (χ3v) is 6.30. The van der Waals surface area contributed by atoms with Gasteiger partial charge in [-0.1, -0.05) is 11.6 Å². The molecule has 2 aromatic rings. The summed E-state index contributed by atoms with van der Waals surface area (Å²) >= 11 is 5.82. The lowest BCUT2D eigenvalue weighted by Crippen LogP contribution is -2.42. The summed E-state index contributed by atoms with van der Waals surface area (Å²) in [6.07, 6.45) is 0. The molecule has 0 spiro atoms. The fraction of sp³-hybridized carbons (Fsp3) is 0.350. The van der Waals surface area contributed by atoms with Gasteiger partial charge in [0, 0.05) is 11.1 Å². The van der Waals surface area contributed by atoms with Crippen molar-refractivity contribution in [2.24, 2.45) is 0 Å². The molecule has 1 heterocycles. The minimum Gasteiger partial charge on any atom is -0.492 e. The number of nitrogens with one attached hydrogen (secondary N) is 1. The summed E-state index contributed by atoms with van der Waals surface area (Å²) in [5.74, 6) is 1.03. The zero-order valence-corrected chi connectivity index (χ0v) is 18.0. The predicted octanol–water partition coefficient (Wildman–Crippen LogP) is 2.46. The second-order valence-corrected chi connectivity index (χ2v) is 9.01. The summed E-state index contributed by atoms with van der Waals surface area (Å²) in [7, 11) is -3.68. The van der Waals surface area contributed by atoms with Crippen molar-refractivity contribution in [3.8, 4) is 17.2 Å². The largest absolute Gasteiger partial charge is 0.492 e. The van der Waals surface area contributed by atoms with Crippen LogP contribution in [0.5, 0.6) is 17.2 Å². The van der Waals surface area contributed by atoms with Gasteiger partial charge in [0.1, 0.15) is 32.1 Å². The van der Waals surface area contributed by atoms with E-state index < -0.39 is 15.9 Å². The maximum absolute atomic E-state index is 12.6. The molecule has 0 bridgehead atoms. The van der Waals surface area contributed by atoms with Crippen molar-refractivity contribution in [1.29, 1.82) is 0 Å². The molecule has 0 aromatic heterocycles. The number of carbonyl (C=O) groups is 1. The van der Waals surface area contributed by atoms with Crippen LogP contribution in [0.15, 0.2) is 42.5 Å². The van der Waals surface area contributed by atoms with Crippen LogP contribution in [0.4, 0.5) is 5.69 Å². The molecule has 3 rings (SSSR count). The molecule has 1 aliphatic rings. The maximum atomic E-state index is 12.6. The first-order valence-corrected chi connectivity index (χ1v) is 11.4. The second-order valence-electron chi connectivity index (χ2n) is 6.39. The number of carbonyl (C=O) groups excluding carboxylic acids is 1. The number of fused-ring (bicyclic) bond motifs is 1. The Balaban J connectivity index is 1.61. The van der Waals surface area contributed by atoms with Gasteiger partial charge in [0.15, 0.2) is 11.5 Å². The van der Waals surface area contributed by atoms with Crippen molar-refractivity contribution in [3.63, 3.8) is 0 Å². The SMILES string of the molecule is CCS(=O)(=O)N(CC(=O)NCCOc1ccc(Cl)cc1)c1ccc2c(c1)OCCO2. The Hall–Kier alpha value is -2.65. The predicted molar refractivity (Wildman–Crippen MR) is 114 cm³/mol. The third kappa shape index (κ3) is 5.70. The molecular weight excluding hydrogens is 432 g/mol. The summed E-state index contributed by atoms with van der Waals surface area (Å²) in [6.45, 7) is 2.45. The lowest BCUT2D eigenvalue weighted by atomic mass is 10.2. The van der Waals surface area contributed by atoms with E-state index in [1.165, 1.54) is 6.92 Å². The van der Waals surface area contributed by atoms with E-state index >= 15 is 0 Å². The number of halogens is 1. The van der Waals surface area contributed by atoms with Gasteiger partial charge in [0.25, 0.3) is 0 Å². The van der Waals surface area contributed by atoms with Crippen molar-refractivity contribution in [1.82, 2.24) is 5.32 Å². The molecule has 2 aromatic carbocycles. The van der Waals surface area contributed by atoms with E-state index in [1.54, 1.807) is 42.5 Å². The molecular formula is C20H23ClN2O6S. The highest BCUT2D eigenvalue weighted by atomic mass is 35.5. The molecule has 0 saturated heterocycles. The van der Waals surface area contributed by atoms with Crippen LogP contribution in [0.3, 0.4) is 0 Å². The van der Waals surface area contributed by atoms with E-state index in [9.17, 15) is 13.2 Å². The molecule has 30 heavy (non-hydrogen) atoms. The van der Waals surface area contributed by atoms with Gasteiger partial charge in [-0.25, -0.2) is 8.42 Å². The highest BCUT2D eigenvalue weighted by Gasteiger charge is 2.25. The van der Waals surface area contributed by atoms with Crippen molar-refractivity contribution < 1.29 is 27.4 Å². The Morgan fingerprint density at radius 3 is 2.53 bits per heavy atom. The second kappa shape index (κ2) is 9.90. The first kappa shape index (κ1) is 22.0. The fourth-order valence-electron chi connectivity index (χ4n) is 2.77. The molecule has 162 valence electrons. The third-order valence-electron chi connectivity index (χ3n) is 4.31. The van der Waals surface area contributed by atoms with Crippen LogP contribution in [-0.4, -0.2) is 53.0 Å². The van der Waals surface area contributed by atoms with Gasteiger partial charge in [-0.3, -0.25) is 9.10 Å². The van der Waals surface area contributed by atoms with Gasteiger partial charge in [0.2, 0.25) is 15.9 Å². The smallest absolute Gasteiger partial charge is 0.240 e. The number of sulfonamides is 1. The van der Waals surface area contributed by atoms with Gasteiger partial charge >= 0.3 is 0 Å². The maximum Gasteiger partial charge on any atom is 0.240 e. The van der Waals surface area contributed by atoms with Gasteiger partial charge in [-0.2, -0.15) is 0 Å². The van der Waals surface area contributed by atoms with E-state index in [0.717, 1.165) is 4.31 Å². The van der Waals surface area contributed by atoms with Crippen LogP contribution in [-0.2, 0) is 14.8 Å². The molecule has 0 radical (unpaired) electrons. The van der Waals surface area contributed by atoms with Crippen LogP contribution >= 0.6 is 11.6 Å². The molecule has 1 N–H and O–H groups in total. The first-order chi connectivity index (χ1) is 14.4. The molecule has 0 saturated carbocycles. The average Bonchev–Trinajstić information content (AvgIpc) is 2.76. The quantitative estimate of drug-likeness (QED) is 0.585. The normalized spacial score (nSPS) is 12.9. The van der Waals surface area contributed by atoms with E-state index in [0.29, 0.717) is 41.2 Å². The van der Waals surface area contributed by atoms with Crippen LogP contribution in [0, 0.1) is 0 Å². The average molecular weight is 455 g/mol. The molecule has 1 aliphatic heterocycles. The minimum absolute atomic E-state index is 0.144. The number of ether oxygens (including phenoxy) is 3. The van der Waals surface area contributed by atoms with E-state index in [-0.39, 0.29) is 25.4 Å². The monoisotopic (exact) mass is 454 g/mol. The summed E-state index contributed by atoms with van der Waals surface area (Å²) in [5, 5.41) is 3.27. The van der Waals surface area contributed by atoms with Crippen molar-refractivity contribution in [2.75, 3.05) is 43.0 Å². The number of nitrogens with zero attached hydrogens (tertiary/aromatic N) is 1. The molecule has 0 unspecified atom stereocenters. The number of hydrogen-bond acceptors (Lipinski definition) is 6. The van der Waals surface area contributed by atoms with Crippen molar-refractivity contribution in [3.05, 3.63) is 47.5 Å². The molecule has 0 fully saturated rings. The summed E-state index contributed by atoms with van der Waals surface area (Å²) < 4.78 is 42.7. The van der Waals surface area contributed by atoms with Crippen LogP contribution in [0.25, 0.3) is 0 Å². The highest BCUT2D eigenvalue weighted by molar-refractivity contribution is 7.92. The number of rotatable bonds is 9. The van der Waals surface area contributed by atoms with Gasteiger partial charge in [0.05, 0.1) is 18.0 Å². The number of hydrogen-bond donors (Lipinski definition) is 1.